The zero-order valence-electron chi connectivity index (χ0n) is 17.1. The summed E-state index contributed by atoms with van der Waals surface area (Å²) in [7, 11) is 0. The fraction of sp³-hybridized carbons (Fsp3) is 0.348. The van der Waals surface area contributed by atoms with Crippen LogP contribution in [-0.4, -0.2) is 28.0 Å². The molecule has 2 aromatic rings. The summed E-state index contributed by atoms with van der Waals surface area (Å²) in [6, 6.07) is 8.52. The number of ketones is 1. The van der Waals surface area contributed by atoms with Gasteiger partial charge in [-0.25, -0.2) is 4.39 Å². The number of nitrogens with one attached hydrogen (secondary N) is 2. The lowest BCUT2D eigenvalue weighted by atomic mass is 9.94. The van der Waals surface area contributed by atoms with Gasteiger partial charge < -0.3 is 10.6 Å². The minimum Gasteiger partial charge on any atom is -0.349 e. The quantitative estimate of drug-likeness (QED) is 0.471. The van der Waals surface area contributed by atoms with Gasteiger partial charge in [0, 0.05) is 30.5 Å². The van der Waals surface area contributed by atoms with Gasteiger partial charge >= 0.3 is 0 Å². The molecule has 174 valence electrons. The van der Waals surface area contributed by atoms with Crippen molar-refractivity contribution in [3.63, 3.8) is 0 Å². The van der Waals surface area contributed by atoms with Crippen LogP contribution in [0.15, 0.2) is 36.4 Å². The third-order valence-corrected chi connectivity index (χ3v) is 7.56. The molecule has 2 fully saturated rings. The second kappa shape index (κ2) is 9.41. The Balaban J connectivity index is 1.45. The van der Waals surface area contributed by atoms with E-state index in [9.17, 15) is 18.8 Å². The van der Waals surface area contributed by atoms with Crippen LogP contribution in [-0.2, 0) is 9.59 Å². The second-order valence-corrected chi connectivity index (χ2v) is 10.5. The fourth-order valence-corrected chi connectivity index (χ4v) is 5.34. The van der Waals surface area contributed by atoms with Crippen LogP contribution >= 0.6 is 46.4 Å². The van der Waals surface area contributed by atoms with Gasteiger partial charge in [-0.1, -0.05) is 29.3 Å². The highest BCUT2D eigenvalue weighted by atomic mass is 35.5. The SMILES string of the molecule is O=C1CCC(NC(=O)c2cc(NC(=O)[C@H]3[C@H](c4ccc(F)c(Cl)c4)C3(Cl)Cl)ccc2Cl)CC1. The van der Waals surface area contributed by atoms with E-state index in [2.05, 4.69) is 10.6 Å². The maximum absolute atomic E-state index is 13.5. The molecule has 2 aliphatic rings. The van der Waals surface area contributed by atoms with Crippen molar-refractivity contribution in [3.8, 4) is 0 Å². The summed E-state index contributed by atoms with van der Waals surface area (Å²) in [5.74, 6) is -2.59. The molecule has 2 atom stereocenters. The number of carbonyl (C=O) groups is 3. The normalized spacial score (nSPS) is 22.0. The number of alkyl halides is 2. The van der Waals surface area contributed by atoms with Crippen molar-refractivity contribution < 1.29 is 18.8 Å². The number of carbonyl (C=O) groups excluding carboxylic acids is 3. The van der Waals surface area contributed by atoms with Crippen molar-refractivity contribution in [2.75, 3.05) is 5.32 Å². The molecular formula is C23H19Cl4FN2O3. The topological polar surface area (TPSA) is 75.3 Å². The van der Waals surface area contributed by atoms with E-state index in [1.54, 1.807) is 6.07 Å². The minimum atomic E-state index is -1.38. The number of benzene rings is 2. The zero-order valence-corrected chi connectivity index (χ0v) is 20.2. The van der Waals surface area contributed by atoms with Crippen molar-refractivity contribution >= 4 is 69.7 Å². The smallest absolute Gasteiger partial charge is 0.253 e. The van der Waals surface area contributed by atoms with Gasteiger partial charge in [-0.3, -0.25) is 14.4 Å². The molecule has 2 amide bonds. The Hall–Kier alpha value is -1.86. The molecule has 2 saturated carbocycles. The molecule has 0 radical (unpaired) electrons. The average Bonchev–Trinajstić information content (AvgIpc) is 3.35. The van der Waals surface area contributed by atoms with E-state index in [1.165, 1.54) is 30.3 Å². The Bertz CT molecular complexity index is 1130. The van der Waals surface area contributed by atoms with Gasteiger partial charge in [-0.05, 0) is 48.7 Å². The van der Waals surface area contributed by atoms with E-state index in [0.29, 0.717) is 36.9 Å². The number of hydrogen-bond acceptors (Lipinski definition) is 3. The first-order valence-electron chi connectivity index (χ1n) is 10.3. The maximum Gasteiger partial charge on any atom is 0.253 e. The van der Waals surface area contributed by atoms with Crippen LogP contribution in [0.5, 0.6) is 0 Å². The fourth-order valence-electron chi connectivity index (χ4n) is 4.12. The Kier molecular flexibility index (Phi) is 6.92. The monoisotopic (exact) mass is 530 g/mol. The molecule has 2 aliphatic carbocycles. The van der Waals surface area contributed by atoms with Gasteiger partial charge in [-0.15, -0.1) is 23.2 Å². The molecule has 0 heterocycles. The van der Waals surface area contributed by atoms with Crippen molar-refractivity contribution in [3.05, 3.63) is 63.4 Å². The van der Waals surface area contributed by atoms with Crippen LogP contribution in [0.3, 0.4) is 0 Å². The van der Waals surface area contributed by atoms with Crippen LogP contribution in [0.4, 0.5) is 10.1 Å². The first-order valence-corrected chi connectivity index (χ1v) is 11.8. The van der Waals surface area contributed by atoms with Crippen LogP contribution in [0.2, 0.25) is 10.0 Å². The minimum absolute atomic E-state index is 0.0848. The van der Waals surface area contributed by atoms with Gasteiger partial charge in [-0.2, -0.15) is 0 Å². The van der Waals surface area contributed by atoms with Crippen LogP contribution in [0.1, 0.15) is 47.5 Å². The Morgan fingerprint density at radius 1 is 1.00 bits per heavy atom. The molecule has 0 unspecified atom stereocenters. The molecule has 0 bridgehead atoms. The summed E-state index contributed by atoms with van der Waals surface area (Å²) in [5, 5.41) is 5.75. The van der Waals surface area contributed by atoms with Crippen LogP contribution < -0.4 is 10.6 Å². The number of amides is 2. The Labute approximate surface area is 209 Å². The molecule has 4 rings (SSSR count). The van der Waals surface area contributed by atoms with Gasteiger partial charge in [0.25, 0.3) is 5.91 Å². The van der Waals surface area contributed by atoms with Gasteiger partial charge in [0.05, 0.1) is 21.5 Å². The standard InChI is InChI=1S/C23H19Cl4FN2O3/c24-16-7-4-13(10-15(16)21(32)29-12-2-5-14(31)6-3-12)30-22(33)20-19(23(20,26)27)11-1-8-18(28)17(25)9-11/h1,4,7-10,12,19-20H,2-3,5-6H2,(H,29,32)(H,30,33)/t19-,20+/m0/s1. The van der Waals surface area contributed by atoms with Gasteiger partial charge in [0.2, 0.25) is 5.91 Å². The molecule has 0 spiro atoms. The second-order valence-electron chi connectivity index (χ2n) is 8.27. The van der Waals surface area contributed by atoms with Crippen molar-refractivity contribution in [1.29, 1.82) is 0 Å². The number of rotatable bonds is 5. The number of halogens is 5. The van der Waals surface area contributed by atoms with Crippen LogP contribution in [0.25, 0.3) is 0 Å². The Morgan fingerprint density at radius 2 is 1.70 bits per heavy atom. The number of hydrogen-bond donors (Lipinski definition) is 2. The summed E-state index contributed by atoms with van der Waals surface area (Å²) in [6.45, 7) is 0. The largest absolute Gasteiger partial charge is 0.349 e. The average molecular weight is 532 g/mol. The first kappa shape index (κ1) is 24.3. The Morgan fingerprint density at radius 3 is 2.36 bits per heavy atom. The molecule has 0 saturated heterocycles. The van der Waals surface area contributed by atoms with E-state index >= 15 is 0 Å². The highest BCUT2D eigenvalue weighted by Crippen LogP contribution is 2.65. The summed E-state index contributed by atoms with van der Waals surface area (Å²) < 4.78 is 12.1. The predicted molar refractivity (Wildman–Crippen MR) is 127 cm³/mol. The van der Waals surface area contributed by atoms with E-state index < -0.39 is 27.9 Å². The van der Waals surface area contributed by atoms with E-state index in [0.717, 1.165) is 0 Å². The van der Waals surface area contributed by atoms with Gasteiger partial charge in [0.1, 0.15) is 15.9 Å². The molecule has 0 aliphatic heterocycles. The molecule has 2 aromatic carbocycles. The molecule has 33 heavy (non-hydrogen) atoms. The summed E-state index contributed by atoms with van der Waals surface area (Å²) in [6.07, 6.45) is 2.05. The first-order chi connectivity index (χ1) is 15.6. The third-order valence-electron chi connectivity index (χ3n) is 6.00. The van der Waals surface area contributed by atoms with Crippen molar-refractivity contribution in [1.82, 2.24) is 5.32 Å². The maximum atomic E-state index is 13.5. The lowest BCUT2D eigenvalue weighted by Gasteiger charge is -2.22. The summed E-state index contributed by atoms with van der Waals surface area (Å²) in [5.41, 5.74) is 1.10. The van der Waals surface area contributed by atoms with Crippen LogP contribution in [0, 0.1) is 11.7 Å². The molecule has 10 heteroatoms. The molecule has 5 nitrogen and oxygen atoms in total. The molecular weight excluding hydrogens is 513 g/mol. The van der Waals surface area contributed by atoms with Crippen molar-refractivity contribution in [2.24, 2.45) is 5.92 Å². The van der Waals surface area contributed by atoms with E-state index in [-0.39, 0.29) is 33.3 Å². The number of Topliss-reactive ketones (excluding diaryl/α,β-unsaturated/α-hetero) is 1. The van der Waals surface area contributed by atoms with E-state index in [1.807, 2.05) is 0 Å². The summed E-state index contributed by atoms with van der Waals surface area (Å²) >= 11 is 24.7. The summed E-state index contributed by atoms with van der Waals surface area (Å²) in [4.78, 5) is 37.0. The van der Waals surface area contributed by atoms with E-state index in [4.69, 9.17) is 46.4 Å². The lowest BCUT2D eigenvalue weighted by Crippen LogP contribution is -2.37. The molecule has 0 aromatic heterocycles. The number of anilines is 1. The third kappa shape index (κ3) is 5.14. The highest BCUT2D eigenvalue weighted by molar-refractivity contribution is 6.53. The lowest BCUT2D eigenvalue weighted by molar-refractivity contribution is -0.120. The zero-order chi connectivity index (χ0) is 23.9. The molecule has 2 N–H and O–H groups in total. The van der Waals surface area contributed by atoms with Crippen molar-refractivity contribution in [2.45, 2.75) is 42.0 Å². The highest BCUT2D eigenvalue weighted by Gasteiger charge is 2.67. The van der Waals surface area contributed by atoms with Gasteiger partial charge in [0.15, 0.2) is 0 Å². The predicted octanol–water partition coefficient (Wildman–Crippen LogP) is 5.90.